The van der Waals surface area contributed by atoms with Crippen LogP contribution in [-0.2, 0) is 15.7 Å². The average Bonchev–Trinajstić information content (AvgIpc) is 3.02. The van der Waals surface area contributed by atoms with Crippen molar-refractivity contribution in [1.82, 2.24) is 4.98 Å². The highest BCUT2D eigenvalue weighted by atomic mass is 35.5. The van der Waals surface area contributed by atoms with Crippen molar-refractivity contribution in [3.8, 4) is 11.5 Å². The summed E-state index contributed by atoms with van der Waals surface area (Å²) in [6, 6.07) is 7.55. The van der Waals surface area contributed by atoms with E-state index >= 15 is 0 Å². The molecule has 2 aromatic carbocycles. The lowest BCUT2D eigenvalue weighted by Gasteiger charge is -2.11. The number of oxazole rings is 1. The molecule has 1 heterocycles. The molecule has 10 heteroatoms. The lowest BCUT2D eigenvalue weighted by molar-refractivity contribution is -0.138. The minimum absolute atomic E-state index is 0.0494. The minimum atomic E-state index is -4.49. The number of rotatable bonds is 5. The maximum atomic E-state index is 12.7. The molecule has 0 saturated carbocycles. The van der Waals surface area contributed by atoms with Crippen molar-refractivity contribution >= 4 is 40.4 Å². The summed E-state index contributed by atoms with van der Waals surface area (Å²) >= 11 is 6.96. The van der Waals surface area contributed by atoms with Gasteiger partial charge in [0.05, 0.1) is 17.7 Å². The second-order valence-electron chi connectivity index (χ2n) is 5.22. The lowest BCUT2D eigenvalue weighted by Crippen LogP contribution is -2.04. The molecule has 0 unspecified atom stereocenters. The van der Waals surface area contributed by atoms with E-state index in [1.54, 1.807) is 18.2 Å². The molecule has 0 atom stereocenters. The number of nitrogens with zero attached hydrogens (tertiary/aromatic N) is 1. The summed E-state index contributed by atoms with van der Waals surface area (Å²) in [6.07, 6.45) is -4.49. The summed E-state index contributed by atoms with van der Waals surface area (Å²) in [4.78, 5) is 15.4. The molecule has 3 aromatic rings. The topological polar surface area (TPSA) is 61.6 Å². The number of hydrogen-bond donors (Lipinski definition) is 0. The van der Waals surface area contributed by atoms with Crippen LogP contribution in [0.5, 0.6) is 11.5 Å². The molecule has 1 aromatic heterocycles. The second kappa shape index (κ2) is 7.69. The molecule has 3 rings (SSSR count). The van der Waals surface area contributed by atoms with Crippen LogP contribution in [0.2, 0.25) is 5.02 Å². The molecule has 0 radical (unpaired) electrons. The van der Waals surface area contributed by atoms with E-state index in [0.29, 0.717) is 16.8 Å². The molecule has 27 heavy (non-hydrogen) atoms. The Balaban J connectivity index is 1.78. The van der Waals surface area contributed by atoms with Crippen molar-refractivity contribution in [2.45, 2.75) is 11.4 Å². The predicted octanol–water partition coefficient (Wildman–Crippen LogP) is 5.56. The van der Waals surface area contributed by atoms with E-state index < -0.39 is 17.7 Å². The van der Waals surface area contributed by atoms with E-state index in [9.17, 15) is 18.0 Å². The van der Waals surface area contributed by atoms with Gasteiger partial charge in [-0.2, -0.15) is 13.2 Å². The number of halogens is 4. The van der Waals surface area contributed by atoms with Gasteiger partial charge in [-0.15, -0.1) is 0 Å². The smallest absolute Gasteiger partial charge is 0.416 e. The Morgan fingerprint density at radius 2 is 2.04 bits per heavy atom. The van der Waals surface area contributed by atoms with Crippen LogP contribution in [0, 0.1) is 0 Å². The molecule has 0 N–H and O–H groups in total. The number of thioether (sulfide) groups is 1. The zero-order valence-electron chi connectivity index (χ0n) is 13.7. The standard InChI is InChI=1S/C17H11ClF3NO4S/c1-24-15(23)8-27-16-22-12-7-10(3-5-14(12)26-16)25-13-4-2-9(6-11(13)18)17(19,20)21/h2-7H,8H2,1H3. The zero-order chi connectivity index (χ0) is 19.6. The monoisotopic (exact) mass is 417 g/mol. The first kappa shape index (κ1) is 19.4. The number of hydrogen-bond acceptors (Lipinski definition) is 6. The number of carbonyl (C=O) groups excluding carboxylic acids is 1. The van der Waals surface area contributed by atoms with Gasteiger partial charge in [0.2, 0.25) is 0 Å². The molecule has 5 nitrogen and oxygen atoms in total. The second-order valence-corrected chi connectivity index (χ2v) is 6.55. The molecular formula is C17H11ClF3NO4S. The Hall–Kier alpha value is -2.39. The summed E-state index contributed by atoms with van der Waals surface area (Å²) in [6.45, 7) is 0. The van der Waals surface area contributed by atoms with Crippen molar-refractivity contribution in [2.75, 3.05) is 12.9 Å². The first-order valence-corrected chi connectivity index (χ1v) is 8.77. The van der Waals surface area contributed by atoms with Crippen LogP contribution in [0.3, 0.4) is 0 Å². The van der Waals surface area contributed by atoms with Gasteiger partial charge in [-0.05, 0) is 30.3 Å². The van der Waals surface area contributed by atoms with Crippen LogP contribution in [0.15, 0.2) is 46.0 Å². The molecule has 0 aliphatic rings. The predicted molar refractivity (Wildman–Crippen MR) is 93.3 cm³/mol. The quantitative estimate of drug-likeness (QED) is 0.400. The number of aromatic nitrogens is 1. The van der Waals surface area contributed by atoms with Gasteiger partial charge in [-0.25, -0.2) is 4.98 Å². The normalized spacial score (nSPS) is 11.6. The molecule has 0 saturated heterocycles. The van der Waals surface area contributed by atoms with Gasteiger partial charge in [0.1, 0.15) is 22.8 Å². The Morgan fingerprint density at radius 1 is 1.26 bits per heavy atom. The summed E-state index contributed by atoms with van der Waals surface area (Å²) in [5.41, 5.74) is 0.0650. The fraction of sp³-hybridized carbons (Fsp3) is 0.176. The van der Waals surface area contributed by atoms with Gasteiger partial charge in [-0.3, -0.25) is 4.79 Å². The lowest BCUT2D eigenvalue weighted by atomic mass is 10.2. The van der Waals surface area contributed by atoms with Crippen LogP contribution >= 0.6 is 23.4 Å². The van der Waals surface area contributed by atoms with Crippen LogP contribution in [0.1, 0.15) is 5.56 Å². The summed E-state index contributed by atoms with van der Waals surface area (Å²) in [7, 11) is 1.28. The van der Waals surface area contributed by atoms with Crippen LogP contribution < -0.4 is 4.74 Å². The van der Waals surface area contributed by atoms with Crippen LogP contribution in [-0.4, -0.2) is 23.8 Å². The average molecular weight is 418 g/mol. The van der Waals surface area contributed by atoms with E-state index in [1.807, 2.05) is 0 Å². The Kier molecular flexibility index (Phi) is 5.52. The molecular weight excluding hydrogens is 407 g/mol. The molecule has 0 aliphatic heterocycles. The van der Waals surface area contributed by atoms with Crippen molar-refractivity contribution in [3.05, 3.63) is 47.0 Å². The van der Waals surface area contributed by atoms with Gasteiger partial charge in [0.15, 0.2) is 5.58 Å². The highest BCUT2D eigenvalue weighted by Crippen LogP contribution is 2.37. The Morgan fingerprint density at radius 3 is 2.70 bits per heavy atom. The van der Waals surface area contributed by atoms with Crippen molar-refractivity contribution < 1.29 is 31.9 Å². The number of methoxy groups -OCH3 is 1. The number of ether oxygens (including phenoxy) is 2. The number of benzene rings is 2. The third-order valence-corrected chi connectivity index (χ3v) is 4.46. The number of esters is 1. The van der Waals surface area contributed by atoms with Gasteiger partial charge in [0, 0.05) is 6.07 Å². The van der Waals surface area contributed by atoms with E-state index in [2.05, 4.69) is 9.72 Å². The van der Waals surface area contributed by atoms with E-state index in [-0.39, 0.29) is 21.7 Å². The van der Waals surface area contributed by atoms with E-state index in [1.165, 1.54) is 7.11 Å². The summed E-state index contributed by atoms with van der Waals surface area (Å²) in [5, 5.41) is 0.111. The number of fused-ring (bicyclic) bond motifs is 1. The number of carbonyl (C=O) groups is 1. The fourth-order valence-electron chi connectivity index (χ4n) is 2.08. The van der Waals surface area contributed by atoms with Gasteiger partial charge in [-0.1, -0.05) is 23.4 Å². The molecule has 142 valence electrons. The Bertz CT molecular complexity index is 990. The van der Waals surface area contributed by atoms with Crippen LogP contribution in [0.25, 0.3) is 11.1 Å². The van der Waals surface area contributed by atoms with Crippen LogP contribution in [0.4, 0.5) is 13.2 Å². The van der Waals surface area contributed by atoms with E-state index in [0.717, 1.165) is 30.0 Å². The molecule has 0 spiro atoms. The summed E-state index contributed by atoms with van der Waals surface area (Å²) < 4.78 is 53.6. The van der Waals surface area contributed by atoms with Crippen molar-refractivity contribution in [2.24, 2.45) is 0 Å². The molecule has 0 fully saturated rings. The molecule has 0 aliphatic carbocycles. The van der Waals surface area contributed by atoms with Gasteiger partial charge in [0.25, 0.3) is 5.22 Å². The van der Waals surface area contributed by atoms with Gasteiger partial charge >= 0.3 is 12.1 Å². The highest BCUT2D eigenvalue weighted by Gasteiger charge is 2.31. The van der Waals surface area contributed by atoms with Crippen molar-refractivity contribution in [1.29, 1.82) is 0 Å². The van der Waals surface area contributed by atoms with Crippen molar-refractivity contribution in [3.63, 3.8) is 0 Å². The largest absolute Gasteiger partial charge is 0.468 e. The maximum absolute atomic E-state index is 12.7. The molecule has 0 amide bonds. The third kappa shape index (κ3) is 4.67. The minimum Gasteiger partial charge on any atom is -0.468 e. The van der Waals surface area contributed by atoms with E-state index in [4.69, 9.17) is 20.8 Å². The Labute approximate surface area is 160 Å². The van der Waals surface area contributed by atoms with Gasteiger partial charge < -0.3 is 13.9 Å². The first-order valence-electron chi connectivity index (χ1n) is 7.41. The summed E-state index contributed by atoms with van der Waals surface area (Å²) in [5.74, 6) is 0.0337. The fourth-order valence-corrected chi connectivity index (χ4v) is 2.97. The first-order chi connectivity index (χ1) is 12.8. The highest BCUT2D eigenvalue weighted by molar-refractivity contribution is 7.99. The SMILES string of the molecule is COC(=O)CSc1nc2cc(Oc3ccc(C(F)(F)F)cc3Cl)ccc2o1. The third-order valence-electron chi connectivity index (χ3n) is 3.37. The maximum Gasteiger partial charge on any atom is 0.416 e. The number of alkyl halides is 3. The molecule has 0 bridgehead atoms. The zero-order valence-corrected chi connectivity index (χ0v) is 15.2.